The van der Waals surface area contributed by atoms with Gasteiger partial charge in [0.2, 0.25) is 0 Å². The van der Waals surface area contributed by atoms with Gasteiger partial charge in [-0.15, -0.1) is 5.12 Å². The van der Waals surface area contributed by atoms with Crippen molar-refractivity contribution in [3.8, 4) is 5.75 Å². The highest BCUT2D eigenvalue weighted by atomic mass is 35.5. The molecule has 7 nitrogen and oxygen atoms in total. The maximum absolute atomic E-state index is 15.1. The second-order valence-corrected chi connectivity index (χ2v) is 7.92. The van der Waals surface area contributed by atoms with E-state index in [0.29, 0.717) is 6.34 Å². The Kier molecular flexibility index (Phi) is 7.75. The number of rotatable bonds is 7. The summed E-state index contributed by atoms with van der Waals surface area (Å²) in [6, 6.07) is 5.22. The van der Waals surface area contributed by atoms with E-state index in [2.05, 4.69) is 15.1 Å². The van der Waals surface area contributed by atoms with Gasteiger partial charge in [0, 0.05) is 21.2 Å². The average molecular weight is 540 g/mol. The lowest BCUT2D eigenvalue weighted by molar-refractivity contribution is -0.275. The van der Waals surface area contributed by atoms with Gasteiger partial charge in [-0.1, -0.05) is 38.0 Å². The predicted molar refractivity (Wildman–Crippen MR) is 117 cm³/mol. The fraction of sp³-hybridized carbons (Fsp3) is 0.286. The van der Waals surface area contributed by atoms with Gasteiger partial charge in [0.15, 0.2) is 17.9 Å². The molecule has 0 N–H and O–H groups in total. The third kappa shape index (κ3) is 5.13. The molecule has 1 amide bonds. The quantitative estimate of drug-likeness (QED) is 0.141. The molecule has 1 unspecified atom stereocenters. The lowest BCUT2D eigenvalue weighted by Crippen LogP contribution is -2.42. The first kappa shape index (κ1) is 26.5. The predicted octanol–water partition coefficient (Wildman–Crippen LogP) is 6.03. The van der Waals surface area contributed by atoms with Crippen LogP contribution in [0.4, 0.5) is 22.0 Å². The van der Waals surface area contributed by atoms with Gasteiger partial charge in [0.05, 0.1) is 24.8 Å². The van der Waals surface area contributed by atoms with Gasteiger partial charge in [-0.25, -0.2) is 4.39 Å². The van der Waals surface area contributed by atoms with Crippen LogP contribution in [-0.2, 0) is 15.3 Å². The standard InChI is InChI=1S/C21H16Cl2F5N3O4/c1-3-34-29-10-31(28)19(32)15-5-4-14(18(33-2)17(15)24)16-9-20(35-30-16,21(25,26)27)11-6-12(22)8-13(23)7-11/h4-8,10H,3,9H2,1-2H3/b29-10-. The number of methoxy groups -OCH3 is 1. The number of hydrogen-bond acceptors (Lipinski definition) is 6. The number of alkyl halides is 3. The van der Waals surface area contributed by atoms with Crippen molar-refractivity contribution < 1.29 is 41.2 Å². The second kappa shape index (κ2) is 10.2. The normalized spacial score (nSPS) is 17.8. The molecular weight excluding hydrogens is 524 g/mol. The largest absolute Gasteiger partial charge is 0.493 e. The van der Waals surface area contributed by atoms with E-state index in [4.69, 9.17) is 32.8 Å². The van der Waals surface area contributed by atoms with Gasteiger partial charge in [0.1, 0.15) is 6.61 Å². The van der Waals surface area contributed by atoms with Crippen molar-refractivity contribution in [2.75, 3.05) is 13.7 Å². The zero-order valence-electron chi connectivity index (χ0n) is 18.0. The van der Waals surface area contributed by atoms with Crippen molar-refractivity contribution in [1.29, 1.82) is 0 Å². The van der Waals surface area contributed by atoms with E-state index >= 15 is 4.39 Å². The van der Waals surface area contributed by atoms with Crippen LogP contribution in [0.5, 0.6) is 5.75 Å². The van der Waals surface area contributed by atoms with Gasteiger partial charge >= 0.3 is 6.18 Å². The molecule has 0 aromatic heterocycles. The molecule has 0 bridgehead atoms. The summed E-state index contributed by atoms with van der Waals surface area (Å²) >= 11 is 11.8. The van der Waals surface area contributed by atoms with E-state index in [-0.39, 0.29) is 27.9 Å². The summed E-state index contributed by atoms with van der Waals surface area (Å²) in [6.45, 7) is 1.66. The summed E-state index contributed by atoms with van der Waals surface area (Å²) in [5, 5.41) is 6.03. The van der Waals surface area contributed by atoms with Gasteiger partial charge in [-0.05, 0) is 37.3 Å². The molecule has 1 atom stereocenters. The Morgan fingerprint density at radius 1 is 1.29 bits per heavy atom. The second-order valence-electron chi connectivity index (χ2n) is 7.05. The van der Waals surface area contributed by atoms with Gasteiger partial charge in [0.25, 0.3) is 11.5 Å². The van der Waals surface area contributed by atoms with Gasteiger partial charge < -0.3 is 14.4 Å². The highest BCUT2D eigenvalue weighted by Crippen LogP contribution is 2.50. The molecule has 1 aliphatic rings. The molecule has 0 saturated heterocycles. The van der Waals surface area contributed by atoms with E-state index in [1.165, 1.54) is 6.07 Å². The van der Waals surface area contributed by atoms with Crippen LogP contribution >= 0.6 is 23.2 Å². The molecule has 0 aliphatic carbocycles. The van der Waals surface area contributed by atoms with Crippen LogP contribution < -0.4 is 4.74 Å². The summed E-state index contributed by atoms with van der Waals surface area (Å²) in [4.78, 5) is 21.6. The van der Waals surface area contributed by atoms with Crippen LogP contribution in [0.1, 0.15) is 34.8 Å². The van der Waals surface area contributed by atoms with Crippen LogP contribution in [-0.4, -0.2) is 43.0 Å². The smallest absolute Gasteiger partial charge is 0.435 e. The SMILES string of the molecule is CCO/N=C\N(F)C(=O)c1ccc(C2=NOC(c3cc(Cl)cc(Cl)c3)(C(F)(F)F)C2)c(OC)c1F. The number of halogens is 7. The van der Waals surface area contributed by atoms with Crippen LogP contribution in [0.25, 0.3) is 0 Å². The maximum Gasteiger partial charge on any atom is 0.435 e. The lowest BCUT2D eigenvalue weighted by atomic mass is 9.86. The Morgan fingerprint density at radius 3 is 2.51 bits per heavy atom. The highest BCUT2D eigenvalue weighted by Gasteiger charge is 2.62. The Morgan fingerprint density at radius 2 is 1.94 bits per heavy atom. The summed E-state index contributed by atoms with van der Waals surface area (Å²) in [7, 11) is 1.02. The first-order valence-corrected chi connectivity index (χ1v) is 10.5. The van der Waals surface area contributed by atoms with E-state index in [9.17, 15) is 22.4 Å². The number of carbonyl (C=O) groups is 1. The van der Waals surface area contributed by atoms with E-state index < -0.39 is 51.9 Å². The molecule has 1 heterocycles. The van der Waals surface area contributed by atoms with Gasteiger partial charge in [-0.2, -0.15) is 13.2 Å². The van der Waals surface area contributed by atoms with Crippen LogP contribution in [0.15, 0.2) is 40.6 Å². The van der Waals surface area contributed by atoms with E-state index in [1.54, 1.807) is 6.92 Å². The van der Waals surface area contributed by atoms with Crippen molar-refractivity contribution >= 4 is 41.2 Å². The first-order chi connectivity index (χ1) is 16.4. The summed E-state index contributed by atoms with van der Waals surface area (Å²) in [5.74, 6) is -3.44. The number of carbonyl (C=O) groups excluding carboxylic acids is 1. The van der Waals surface area contributed by atoms with Crippen molar-refractivity contribution in [3.05, 3.63) is 62.9 Å². The Balaban J connectivity index is 2.00. The van der Waals surface area contributed by atoms with E-state index in [0.717, 1.165) is 31.4 Å². The molecule has 35 heavy (non-hydrogen) atoms. The molecule has 188 valence electrons. The van der Waals surface area contributed by atoms with Gasteiger partial charge in [-0.3, -0.25) is 4.79 Å². The van der Waals surface area contributed by atoms with Crippen LogP contribution in [0, 0.1) is 5.82 Å². The monoisotopic (exact) mass is 539 g/mol. The summed E-state index contributed by atoms with van der Waals surface area (Å²) in [5.41, 5.74) is -4.76. The molecule has 2 aromatic carbocycles. The molecule has 0 radical (unpaired) electrons. The van der Waals surface area contributed by atoms with Crippen LogP contribution in [0.3, 0.4) is 0 Å². The minimum absolute atomic E-state index is 0.0664. The number of benzene rings is 2. The summed E-state index contributed by atoms with van der Waals surface area (Å²) in [6.07, 6.45) is -5.50. The van der Waals surface area contributed by atoms with Crippen LogP contribution in [0.2, 0.25) is 10.0 Å². The third-order valence-electron chi connectivity index (χ3n) is 4.90. The highest BCUT2D eigenvalue weighted by molar-refractivity contribution is 6.34. The fourth-order valence-electron chi connectivity index (χ4n) is 3.30. The van der Waals surface area contributed by atoms with Crippen molar-refractivity contribution in [2.45, 2.75) is 25.1 Å². The Labute approximate surface area is 205 Å². The maximum atomic E-state index is 15.1. The number of ether oxygens (including phenoxy) is 1. The molecule has 2 aromatic rings. The zero-order valence-corrected chi connectivity index (χ0v) is 19.5. The number of nitrogens with zero attached hydrogens (tertiary/aromatic N) is 3. The Bertz CT molecular complexity index is 1170. The van der Waals surface area contributed by atoms with E-state index in [1.807, 2.05) is 0 Å². The molecule has 14 heteroatoms. The minimum atomic E-state index is -4.98. The number of amides is 1. The number of hydrogen-bond donors (Lipinski definition) is 0. The average Bonchev–Trinajstić information content (AvgIpc) is 3.25. The van der Waals surface area contributed by atoms with Crippen molar-refractivity contribution in [3.63, 3.8) is 0 Å². The molecule has 3 rings (SSSR count). The first-order valence-electron chi connectivity index (χ1n) is 9.75. The lowest BCUT2D eigenvalue weighted by Gasteiger charge is -2.29. The molecular formula is C21H16Cl2F5N3O4. The zero-order chi connectivity index (χ0) is 26.0. The molecule has 1 aliphatic heterocycles. The third-order valence-corrected chi connectivity index (χ3v) is 5.34. The molecule has 0 saturated carbocycles. The number of oxime groups is 2. The van der Waals surface area contributed by atoms with Crippen molar-refractivity contribution in [2.24, 2.45) is 10.3 Å². The minimum Gasteiger partial charge on any atom is -0.493 e. The topological polar surface area (TPSA) is 72.7 Å². The molecule has 0 fully saturated rings. The fourth-order valence-corrected chi connectivity index (χ4v) is 3.83. The Hall–Kier alpha value is -3.12. The summed E-state index contributed by atoms with van der Waals surface area (Å²) < 4.78 is 76.6. The molecule has 0 spiro atoms. The van der Waals surface area contributed by atoms with Crippen molar-refractivity contribution in [1.82, 2.24) is 5.12 Å².